The summed E-state index contributed by atoms with van der Waals surface area (Å²) in [5, 5.41) is 0. The maximum Gasteiger partial charge on any atom is 0.306 e. The third-order valence-electron chi connectivity index (χ3n) is 7.52. The molecule has 0 aromatic heterocycles. The van der Waals surface area contributed by atoms with Crippen molar-refractivity contribution in [1.82, 2.24) is 0 Å². The molecule has 0 aromatic rings. The molecule has 0 spiro atoms. The van der Waals surface area contributed by atoms with E-state index in [1.54, 1.807) is 6.08 Å². The molecule has 40 heavy (non-hydrogen) atoms. The average Bonchev–Trinajstić information content (AvgIpc) is 2.81. The van der Waals surface area contributed by atoms with Gasteiger partial charge in [0.05, 0.1) is 0 Å². The monoisotopic (exact) mass is 582 g/mol. The maximum atomic E-state index is 12.8. The van der Waals surface area contributed by atoms with Crippen LogP contribution in [0.25, 0.3) is 0 Å². The first kappa shape index (κ1) is 38.5. The molecule has 0 aromatic carbocycles. The molecule has 0 aliphatic carbocycles. The van der Waals surface area contributed by atoms with Gasteiger partial charge in [-0.05, 0) is 75.2 Å². The fourth-order valence-corrected chi connectivity index (χ4v) is 11.3. The molecule has 234 valence electrons. The molecule has 6 nitrogen and oxygen atoms in total. The standard InChI is InChI=1S/C33H62O6Si/c1-12-13-17-21-30(37-28(8)34)31(39-40(25(2)3,26(4)5)27(6)7)24-23-29(35)20-18-15-14-16-19-22-32(36)38-33(9,10)11/h23-27,30-31H,12-22H2,1-11H3/b24-23+/t30-,31+/m0/s1. The van der Waals surface area contributed by atoms with Gasteiger partial charge in [-0.15, -0.1) is 0 Å². The van der Waals surface area contributed by atoms with E-state index in [0.29, 0.717) is 29.5 Å². The molecule has 0 fully saturated rings. The third-order valence-corrected chi connectivity index (χ3v) is 13.6. The van der Waals surface area contributed by atoms with E-state index in [-0.39, 0.29) is 17.7 Å². The number of ketones is 1. The van der Waals surface area contributed by atoms with Crippen LogP contribution in [0, 0.1) is 0 Å². The van der Waals surface area contributed by atoms with E-state index in [9.17, 15) is 14.4 Å². The van der Waals surface area contributed by atoms with Gasteiger partial charge in [-0.2, -0.15) is 0 Å². The minimum atomic E-state index is -2.28. The maximum absolute atomic E-state index is 12.8. The van der Waals surface area contributed by atoms with Gasteiger partial charge in [0.15, 0.2) is 5.78 Å². The summed E-state index contributed by atoms with van der Waals surface area (Å²) in [5.41, 5.74) is 0.694. The minimum Gasteiger partial charge on any atom is -0.460 e. The van der Waals surface area contributed by atoms with E-state index in [1.165, 1.54) is 6.92 Å². The summed E-state index contributed by atoms with van der Waals surface area (Å²) in [4.78, 5) is 36.7. The molecule has 0 aliphatic heterocycles. The average molecular weight is 583 g/mol. The largest absolute Gasteiger partial charge is 0.460 e. The van der Waals surface area contributed by atoms with Crippen LogP contribution < -0.4 is 0 Å². The number of rotatable bonds is 21. The molecule has 0 saturated carbocycles. The molecular formula is C33H62O6Si. The van der Waals surface area contributed by atoms with Crippen molar-refractivity contribution in [2.75, 3.05) is 0 Å². The quantitative estimate of drug-likeness (QED) is 0.0581. The third kappa shape index (κ3) is 15.5. The molecule has 2 atom stereocenters. The Morgan fingerprint density at radius 3 is 1.77 bits per heavy atom. The first-order valence-corrected chi connectivity index (χ1v) is 18.0. The van der Waals surface area contributed by atoms with Gasteiger partial charge in [-0.3, -0.25) is 14.4 Å². The van der Waals surface area contributed by atoms with Crippen molar-refractivity contribution in [3.05, 3.63) is 12.2 Å². The van der Waals surface area contributed by atoms with Crippen LogP contribution in [0.2, 0.25) is 16.6 Å². The number of allylic oxidation sites excluding steroid dienone is 1. The van der Waals surface area contributed by atoms with E-state index in [1.807, 2.05) is 26.8 Å². The Bertz CT molecular complexity index is 744. The summed E-state index contributed by atoms with van der Waals surface area (Å²) in [6.45, 7) is 22.7. The lowest BCUT2D eigenvalue weighted by molar-refractivity contribution is -0.155. The fourth-order valence-electron chi connectivity index (χ4n) is 5.76. The molecule has 0 radical (unpaired) electrons. The normalized spacial score (nSPS) is 14.2. The van der Waals surface area contributed by atoms with Crippen molar-refractivity contribution in [2.45, 2.75) is 181 Å². The predicted molar refractivity (Wildman–Crippen MR) is 168 cm³/mol. The SMILES string of the molecule is CCCCC[C@H](OC(C)=O)[C@@H](/C=C/C(=O)CCCCCCCC(=O)OC(C)(C)C)O[Si](C(C)C)(C(C)C)C(C)C. The zero-order valence-electron chi connectivity index (χ0n) is 27.8. The van der Waals surface area contributed by atoms with Crippen molar-refractivity contribution in [3.63, 3.8) is 0 Å². The zero-order valence-corrected chi connectivity index (χ0v) is 28.8. The van der Waals surface area contributed by atoms with Gasteiger partial charge in [-0.1, -0.05) is 80.6 Å². The summed E-state index contributed by atoms with van der Waals surface area (Å²) >= 11 is 0. The van der Waals surface area contributed by atoms with Crippen molar-refractivity contribution in [2.24, 2.45) is 0 Å². The van der Waals surface area contributed by atoms with Crippen LogP contribution in [-0.4, -0.2) is 43.8 Å². The van der Waals surface area contributed by atoms with Gasteiger partial charge >= 0.3 is 11.9 Å². The Kier molecular flexibility index (Phi) is 18.9. The second kappa shape index (κ2) is 19.6. The van der Waals surface area contributed by atoms with Gasteiger partial charge in [0.25, 0.3) is 0 Å². The number of carbonyl (C=O) groups is 3. The van der Waals surface area contributed by atoms with Crippen LogP contribution in [0.4, 0.5) is 0 Å². The lowest BCUT2D eigenvalue weighted by atomic mass is 10.0. The lowest BCUT2D eigenvalue weighted by Crippen LogP contribution is -2.52. The van der Waals surface area contributed by atoms with E-state index in [4.69, 9.17) is 13.9 Å². The zero-order chi connectivity index (χ0) is 30.9. The van der Waals surface area contributed by atoms with Crippen molar-refractivity contribution in [1.29, 1.82) is 0 Å². The molecule has 0 saturated heterocycles. The highest BCUT2D eigenvalue weighted by Gasteiger charge is 2.47. The van der Waals surface area contributed by atoms with Gasteiger partial charge < -0.3 is 13.9 Å². The summed E-state index contributed by atoms with van der Waals surface area (Å²) < 4.78 is 18.2. The Labute approximate surface area is 247 Å². The highest BCUT2D eigenvalue weighted by atomic mass is 28.4. The van der Waals surface area contributed by atoms with E-state index >= 15 is 0 Å². The molecule has 0 bridgehead atoms. The van der Waals surface area contributed by atoms with Gasteiger partial charge in [0, 0.05) is 19.8 Å². The highest BCUT2D eigenvalue weighted by molar-refractivity contribution is 6.77. The number of hydrogen-bond acceptors (Lipinski definition) is 6. The number of unbranched alkanes of at least 4 members (excludes halogenated alkanes) is 6. The van der Waals surface area contributed by atoms with Crippen molar-refractivity contribution < 1.29 is 28.3 Å². The summed E-state index contributed by atoms with van der Waals surface area (Å²) in [6, 6.07) is 0. The second-order valence-electron chi connectivity index (χ2n) is 13.2. The number of ether oxygens (including phenoxy) is 2. The Balaban J connectivity index is 5.31. The van der Waals surface area contributed by atoms with Crippen LogP contribution in [0.3, 0.4) is 0 Å². The van der Waals surface area contributed by atoms with Crippen LogP contribution in [0.15, 0.2) is 12.2 Å². The minimum absolute atomic E-state index is 0.0726. The fraction of sp³-hybridized carbons (Fsp3) is 0.848. The van der Waals surface area contributed by atoms with Gasteiger partial charge in [0.2, 0.25) is 8.32 Å². The van der Waals surface area contributed by atoms with E-state index in [2.05, 4.69) is 48.5 Å². The molecule has 7 heteroatoms. The Hall–Kier alpha value is -1.47. The summed E-state index contributed by atoms with van der Waals surface area (Å²) in [5.74, 6) is -0.387. The second-order valence-corrected chi connectivity index (χ2v) is 18.6. The molecule has 0 rings (SSSR count). The van der Waals surface area contributed by atoms with E-state index < -0.39 is 26.1 Å². The molecule has 0 amide bonds. The van der Waals surface area contributed by atoms with Crippen molar-refractivity contribution >= 4 is 26.0 Å². The van der Waals surface area contributed by atoms with Gasteiger partial charge in [-0.25, -0.2) is 0 Å². The molecule has 0 N–H and O–H groups in total. The number of esters is 2. The van der Waals surface area contributed by atoms with Crippen molar-refractivity contribution in [3.8, 4) is 0 Å². The summed E-state index contributed by atoms with van der Waals surface area (Å²) in [7, 11) is -2.28. The first-order chi connectivity index (χ1) is 18.6. The Morgan fingerprint density at radius 1 is 0.775 bits per heavy atom. The number of hydrogen-bond donors (Lipinski definition) is 0. The highest BCUT2D eigenvalue weighted by Crippen LogP contribution is 2.43. The van der Waals surface area contributed by atoms with Gasteiger partial charge in [0.1, 0.15) is 17.8 Å². The van der Waals surface area contributed by atoms with E-state index in [0.717, 1.165) is 57.8 Å². The summed E-state index contributed by atoms with van der Waals surface area (Å²) in [6.07, 6.45) is 11.9. The molecule has 0 unspecified atom stereocenters. The van der Waals surface area contributed by atoms with Crippen LogP contribution in [0.1, 0.15) is 147 Å². The number of carbonyl (C=O) groups excluding carboxylic acids is 3. The first-order valence-electron chi connectivity index (χ1n) is 15.8. The smallest absolute Gasteiger partial charge is 0.306 e. The molecule has 0 aliphatic rings. The molecular weight excluding hydrogens is 520 g/mol. The Morgan fingerprint density at radius 2 is 1.30 bits per heavy atom. The lowest BCUT2D eigenvalue weighted by Gasteiger charge is -2.45. The predicted octanol–water partition coefficient (Wildman–Crippen LogP) is 9.26. The molecule has 0 heterocycles. The topological polar surface area (TPSA) is 78.9 Å². The van der Waals surface area contributed by atoms with Crippen LogP contribution in [0.5, 0.6) is 0 Å². The van der Waals surface area contributed by atoms with Crippen LogP contribution >= 0.6 is 0 Å². The van der Waals surface area contributed by atoms with Crippen LogP contribution in [-0.2, 0) is 28.3 Å².